The van der Waals surface area contributed by atoms with Crippen molar-refractivity contribution in [3.63, 3.8) is 0 Å². The summed E-state index contributed by atoms with van der Waals surface area (Å²) in [6.07, 6.45) is 0.720. The number of rotatable bonds is 6. The van der Waals surface area contributed by atoms with Gasteiger partial charge in [0, 0.05) is 24.7 Å². The van der Waals surface area contributed by atoms with Crippen LogP contribution in [0.4, 0.5) is 11.4 Å². The first-order chi connectivity index (χ1) is 12.3. The Morgan fingerprint density at radius 1 is 1.35 bits per heavy atom. The Hall–Kier alpha value is -2.67. The summed E-state index contributed by atoms with van der Waals surface area (Å²) >= 11 is 0. The van der Waals surface area contributed by atoms with Gasteiger partial charge in [0.1, 0.15) is 11.5 Å². The third-order valence-electron chi connectivity index (χ3n) is 4.70. The standard InChI is InChI=1S/C19H23N3O4/c1-13(2)20(11-17-7-4-14(3)26-17)12-19(23)21-9-8-15-5-6-16(22(24)25)10-18(15)21/h4-7,10,13H,8-9,11-12H2,1-3H3. The normalized spacial score (nSPS) is 13.5. The van der Waals surface area contributed by atoms with Crippen molar-refractivity contribution in [1.29, 1.82) is 0 Å². The molecule has 1 aromatic heterocycles. The number of non-ortho nitro benzene ring substituents is 1. The number of benzene rings is 1. The largest absolute Gasteiger partial charge is 0.465 e. The zero-order chi connectivity index (χ0) is 18.8. The lowest BCUT2D eigenvalue weighted by Gasteiger charge is -2.27. The lowest BCUT2D eigenvalue weighted by atomic mass is 10.1. The maximum absolute atomic E-state index is 12.9. The summed E-state index contributed by atoms with van der Waals surface area (Å²) in [5.74, 6) is 1.61. The Morgan fingerprint density at radius 3 is 2.73 bits per heavy atom. The van der Waals surface area contributed by atoms with Crippen molar-refractivity contribution in [3.05, 3.63) is 57.5 Å². The molecule has 0 saturated heterocycles. The van der Waals surface area contributed by atoms with Crippen LogP contribution >= 0.6 is 0 Å². The molecule has 7 heteroatoms. The number of hydrogen-bond acceptors (Lipinski definition) is 5. The van der Waals surface area contributed by atoms with E-state index in [4.69, 9.17) is 4.42 Å². The Bertz CT molecular complexity index is 828. The number of aryl methyl sites for hydroxylation is 1. The van der Waals surface area contributed by atoms with E-state index in [2.05, 4.69) is 0 Å². The SMILES string of the molecule is Cc1ccc(CN(CC(=O)N2CCc3ccc([N+](=O)[O-])cc32)C(C)C)o1. The molecule has 0 spiro atoms. The number of nitrogens with zero attached hydrogens (tertiary/aromatic N) is 3. The molecule has 1 aliphatic rings. The van der Waals surface area contributed by atoms with Crippen molar-refractivity contribution in [2.45, 2.75) is 39.8 Å². The summed E-state index contributed by atoms with van der Waals surface area (Å²) in [7, 11) is 0. The first-order valence-electron chi connectivity index (χ1n) is 8.72. The summed E-state index contributed by atoms with van der Waals surface area (Å²) < 4.78 is 5.63. The molecular weight excluding hydrogens is 334 g/mol. The quantitative estimate of drug-likeness (QED) is 0.585. The minimum atomic E-state index is -0.430. The number of anilines is 1. The van der Waals surface area contributed by atoms with E-state index in [-0.39, 0.29) is 24.2 Å². The molecule has 1 aromatic carbocycles. The molecule has 0 N–H and O–H groups in total. The number of nitro benzene ring substituents is 1. The molecule has 0 bridgehead atoms. The topological polar surface area (TPSA) is 79.8 Å². The smallest absolute Gasteiger partial charge is 0.271 e. The van der Waals surface area contributed by atoms with E-state index in [1.54, 1.807) is 11.0 Å². The van der Waals surface area contributed by atoms with Crippen LogP contribution in [0.1, 0.15) is 30.9 Å². The van der Waals surface area contributed by atoms with Crippen LogP contribution in [-0.2, 0) is 17.8 Å². The summed E-state index contributed by atoms with van der Waals surface area (Å²) in [6, 6.07) is 8.72. The van der Waals surface area contributed by atoms with Crippen LogP contribution in [0.2, 0.25) is 0 Å². The van der Waals surface area contributed by atoms with Gasteiger partial charge in [0.15, 0.2) is 0 Å². The number of carbonyl (C=O) groups is 1. The van der Waals surface area contributed by atoms with E-state index in [9.17, 15) is 14.9 Å². The maximum Gasteiger partial charge on any atom is 0.271 e. The monoisotopic (exact) mass is 357 g/mol. The van der Waals surface area contributed by atoms with E-state index >= 15 is 0 Å². The van der Waals surface area contributed by atoms with Crippen molar-refractivity contribution < 1.29 is 14.1 Å². The number of nitro groups is 1. The molecule has 1 amide bonds. The van der Waals surface area contributed by atoms with Crippen molar-refractivity contribution >= 4 is 17.3 Å². The summed E-state index contributed by atoms with van der Waals surface area (Å²) in [6.45, 7) is 7.30. The highest BCUT2D eigenvalue weighted by atomic mass is 16.6. The molecule has 0 fully saturated rings. The van der Waals surface area contributed by atoms with E-state index in [0.29, 0.717) is 18.8 Å². The lowest BCUT2D eigenvalue weighted by molar-refractivity contribution is -0.384. The second kappa shape index (κ2) is 7.29. The molecule has 3 rings (SSSR count). The van der Waals surface area contributed by atoms with Gasteiger partial charge >= 0.3 is 0 Å². The number of amides is 1. The van der Waals surface area contributed by atoms with Gasteiger partial charge in [-0.3, -0.25) is 19.8 Å². The van der Waals surface area contributed by atoms with Crippen LogP contribution in [-0.4, -0.2) is 34.9 Å². The molecule has 0 radical (unpaired) electrons. The first-order valence-corrected chi connectivity index (χ1v) is 8.72. The van der Waals surface area contributed by atoms with E-state index in [0.717, 1.165) is 23.5 Å². The third kappa shape index (κ3) is 3.77. The van der Waals surface area contributed by atoms with Crippen LogP contribution in [0.25, 0.3) is 0 Å². The van der Waals surface area contributed by atoms with Crippen LogP contribution in [0.5, 0.6) is 0 Å². The number of hydrogen-bond donors (Lipinski definition) is 0. The minimum Gasteiger partial charge on any atom is -0.465 e. The fraction of sp³-hybridized carbons (Fsp3) is 0.421. The summed E-state index contributed by atoms with van der Waals surface area (Å²) in [4.78, 5) is 27.2. The van der Waals surface area contributed by atoms with Crippen molar-refractivity contribution in [2.24, 2.45) is 0 Å². The van der Waals surface area contributed by atoms with Gasteiger partial charge in [0.05, 0.1) is 23.7 Å². The van der Waals surface area contributed by atoms with Gasteiger partial charge in [-0.25, -0.2) is 0 Å². The van der Waals surface area contributed by atoms with Gasteiger partial charge in [0.2, 0.25) is 5.91 Å². The average Bonchev–Trinajstić information content (AvgIpc) is 3.19. The van der Waals surface area contributed by atoms with Crippen LogP contribution in [0.3, 0.4) is 0 Å². The highest BCUT2D eigenvalue weighted by Gasteiger charge is 2.28. The molecule has 2 heterocycles. The molecule has 0 saturated carbocycles. The predicted octanol–water partition coefficient (Wildman–Crippen LogP) is 3.30. The van der Waals surface area contributed by atoms with Crippen LogP contribution < -0.4 is 4.90 Å². The fourth-order valence-corrected chi connectivity index (χ4v) is 3.19. The molecule has 0 unspecified atom stereocenters. The number of fused-ring (bicyclic) bond motifs is 1. The highest BCUT2D eigenvalue weighted by molar-refractivity contribution is 5.97. The maximum atomic E-state index is 12.9. The van der Waals surface area contributed by atoms with Crippen molar-refractivity contribution in [2.75, 3.05) is 18.0 Å². The molecular formula is C19H23N3O4. The Kier molecular flexibility index (Phi) is 5.08. The van der Waals surface area contributed by atoms with Crippen molar-refractivity contribution in [3.8, 4) is 0 Å². The summed E-state index contributed by atoms with van der Waals surface area (Å²) in [5.41, 5.74) is 1.64. The molecule has 0 aliphatic carbocycles. The zero-order valence-electron chi connectivity index (χ0n) is 15.3. The predicted molar refractivity (Wildman–Crippen MR) is 98.1 cm³/mol. The Morgan fingerprint density at radius 2 is 2.12 bits per heavy atom. The second-order valence-corrected chi connectivity index (χ2v) is 6.88. The highest BCUT2D eigenvalue weighted by Crippen LogP contribution is 2.32. The van der Waals surface area contributed by atoms with Gasteiger partial charge in [0.25, 0.3) is 5.69 Å². The van der Waals surface area contributed by atoms with Gasteiger partial charge in [-0.05, 0) is 44.9 Å². The first kappa shape index (κ1) is 18.1. The van der Waals surface area contributed by atoms with Crippen LogP contribution in [0.15, 0.2) is 34.7 Å². The molecule has 2 aromatic rings. The van der Waals surface area contributed by atoms with Crippen molar-refractivity contribution in [1.82, 2.24) is 4.90 Å². The zero-order valence-corrected chi connectivity index (χ0v) is 15.3. The fourth-order valence-electron chi connectivity index (χ4n) is 3.19. The molecule has 0 atom stereocenters. The van der Waals surface area contributed by atoms with E-state index < -0.39 is 4.92 Å². The Balaban J connectivity index is 1.75. The number of carbonyl (C=O) groups excluding carboxylic acids is 1. The lowest BCUT2D eigenvalue weighted by Crippen LogP contribution is -2.42. The van der Waals surface area contributed by atoms with Gasteiger partial charge in [-0.1, -0.05) is 6.07 Å². The minimum absolute atomic E-state index is 0.00947. The van der Waals surface area contributed by atoms with E-state index in [1.807, 2.05) is 37.8 Å². The molecule has 1 aliphatic heterocycles. The molecule has 138 valence electrons. The van der Waals surface area contributed by atoms with Crippen LogP contribution in [0, 0.1) is 17.0 Å². The summed E-state index contributed by atoms with van der Waals surface area (Å²) in [5, 5.41) is 11.0. The molecule has 26 heavy (non-hydrogen) atoms. The molecule has 7 nitrogen and oxygen atoms in total. The number of furan rings is 1. The average molecular weight is 357 g/mol. The van der Waals surface area contributed by atoms with Gasteiger partial charge in [-0.2, -0.15) is 0 Å². The van der Waals surface area contributed by atoms with Gasteiger partial charge < -0.3 is 9.32 Å². The second-order valence-electron chi connectivity index (χ2n) is 6.88. The van der Waals surface area contributed by atoms with E-state index in [1.165, 1.54) is 12.1 Å². The third-order valence-corrected chi connectivity index (χ3v) is 4.70. The van der Waals surface area contributed by atoms with Gasteiger partial charge in [-0.15, -0.1) is 0 Å². The Labute approximate surface area is 152 Å².